The van der Waals surface area contributed by atoms with Gasteiger partial charge in [0.1, 0.15) is 5.84 Å². The molecule has 0 saturated carbocycles. The summed E-state index contributed by atoms with van der Waals surface area (Å²) < 4.78 is 0. The summed E-state index contributed by atoms with van der Waals surface area (Å²) in [6.45, 7) is 7.16. The van der Waals surface area contributed by atoms with Crippen molar-refractivity contribution in [1.29, 1.82) is 5.41 Å². The molecule has 0 saturated heterocycles. The van der Waals surface area contributed by atoms with Crippen LogP contribution in [0.1, 0.15) is 27.8 Å². The van der Waals surface area contributed by atoms with Crippen molar-refractivity contribution in [1.82, 2.24) is 0 Å². The number of nitrogens with one attached hydrogen (secondary N) is 1. The molecule has 0 atom stereocenters. The molecule has 0 aromatic heterocycles. The monoisotopic (exact) mass is 281 g/mol. The average Bonchev–Trinajstić information content (AvgIpc) is 2.40. The first kappa shape index (κ1) is 15.1. The Kier molecular flexibility index (Phi) is 4.32. The zero-order valence-electron chi connectivity index (χ0n) is 13.2. The fraction of sp³-hybridized carbons (Fsp3) is 0.278. The highest BCUT2D eigenvalue weighted by molar-refractivity contribution is 5.95. The van der Waals surface area contributed by atoms with Gasteiger partial charge in [-0.2, -0.15) is 0 Å². The van der Waals surface area contributed by atoms with Gasteiger partial charge in [-0.1, -0.05) is 29.8 Å². The number of hydrogen-bond donors (Lipinski definition) is 2. The summed E-state index contributed by atoms with van der Waals surface area (Å²) in [4.78, 5) is 2.25. The molecule has 2 rings (SSSR count). The Labute approximate surface area is 126 Å². The van der Waals surface area contributed by atoms with Crippen LogP contribution in [0.2, 0.25) is 0 Å². The van der Waals surface area contributed by atoms with Crippen molar-refractivity contribution >= 4 is 11.5 Å². The average molecular weight is 281 g/mol. The number of anilines is 1. The lowest BCUT2D eigenvalue weighted by Gasteiger charge is -2.23. The van der Waals surface area contributed by atoms with Gasteiger partial charge in [0.15, 0.2) is 0 Å². The largest absolute Gasteiger partial charge is 0.384 e. The number of hydrogen-bond acceptors (Lipinski definition) is 2. The van der Waals surface area contributed by atoms with Gasteiger partial charge in [-0.25, -0.2) is 0 Å². The van der Waals surface area contributed by atoms with Crippen LogP contribution in [0.15, 0.2) is 36.4 Å². The lowest BCUT2D eigenvalue weighted by atomic mass is 10.0. The van der Waals surface area contributed by atoms with E-state index in [2.05, 4.69) is 57.0 Å². The molecule has 3 nitrogen and oxygen atoms in total. The third-order valence-electron chi connectivity index (χ3n) is 3.82. The molecule has 0 bridgehead atoms. The fourth-order valence-corrected chi connectivity index (χ4v) is 2.62. The van der Waals surface area contributed by atoms with Gasteiger partial charge in [-0.3, -0.25) is 5.41 Å². The Morgan fingerprint density at radius 2 is 1.76 bits per heavy atom. The van der Waals surface area contributed by atoms with E-state index in [1.54, 1.807) is 0 Å². The Hall–Kier alpha value is -2.29. The molecule has 2 aromatic carbocycles. The minimum Gasteiger partial charge on any atom is -0.384 e. The maximum atomic E-state index is 7.49. The molecule has 3 heteroatoms. The Bertz CT molecular complexity index is 674. The van der Waals surface area contributed by atoms with Crippen molar-refractivity contribution < 1.29 is 0 Å². The standard InChI is InChI=1S/C18H23N3/c1-12-5-8-17(14(3)9-12)21(4)11-16-7-6-15(18(19)20)10-13(16)2/h5-10H,11H2,1-4H3,(H3,19,20). The van der Waals surface area contributed by atoms with Crippen LogP contribution in [0.5, 0.6) is 0 Å². The maximum absolute atomic E-state index is 7.49. The SMILES string of the molecule is Cc1ccc(N(C)Cc2ccc(C(=N)N)cc2C)c(C)c1. The van der Waals surface area contributed by atoms with Crippen LogP contribution in [0, 0.1) is 26.2 Å². The molecule has 0 aliphatic rings. The smallest absolute Gasteiger partial charge is 0.122 e. The van der Waals surface area contributed by atoms with Gasteiger partial charge in [0.2, 0.25) is 0 Å². The molecule has 0 amide bonds. The third kappa shape index (κ3) is 3.43. The molecule has 3 N–H and O–H groups in total. The van der Waals surface area contributed by atoms with Crippen molar-refractivity contribution in [3.05, 3.63) is 64.2 Å². The first-order valence-electron chi connectivity index (χ1n) is 7.11. The molecule has 21 heavy (non-hydrogen) atoms. The van der Waals surface area contributed by atoms with Gasteiger partial charge in [0, 0.05) is 24.8 Å². The zero-order valence-corrected chi connectivity index (χ0v) is 13.2. The molecular formula is C18H23N3. The van der Waals surface area contributed by atoms with E-state index in [4.69, 9.17) is 11.1 Å². The van der Waals surface area contributed by atoms with Gasteiger partial charge in [-0.15, -0.1) is 0 Å². The molecule has 2 aromatic rings. The van der Waals surface area contributed by atoms with Crippen LogP contribution < -0.4 is 10.6 Å². The van der Waals surface area contributed by atoms with Crippen LogP contribution in [-0.4, -0.2) is 12.9 Å². The van der Waals surface area contributed by atoms with Gasteiger partial charge >= 0.3 is 0 Å². The van der Waals surface area contributed by atoms with E-state index < -0.39 is 0 Å². The van der Waals surface area contributed by atoms with E-state index in [0.29, 0.717) is 0 Å². The summed E-state index contributed by atoms with van der Waals surface area (Å²) >= 11 is 0. The van der Waals surface area contributed by atoms with Crippen molar-refractivity contribution in [2.24, 2.45) is 5.73 Å². The van der Waals surface area contributed by atoms with Crippen LogP contribution in [0.4, 0.5) is 5.69 Å². The van der Waals surface area contributed by atoms with E-state index in [1.165, 1.54) is 27.9 Å². The quantitative estimate of drug-likeness (QED) is 0.665. The van der Waals surface area contributed by atoms with Crippen LogP contribution in [0.3, 0.4) is 0 Å². The number of nitrogens with zero attached hydrogens (tertiary/aromatic N) is 1. The second-order valence-corrected chi connectivity index (χ2v) is 5.70. The maximum Gasteiger partial charge on any atom is 0.122 e. The number of amidine groups is 1. The molecule has 0 heterocycles. The van der Waals surface area contributed by atoms with Crippen LogP contribution in [0.25, 0.3) is 0 Å². The van der Waals surface area contributed by atoms with Crippen molar-refractivity contribution in [3.8, 4) is 0 Å². The first-order valence-corrected chi connectivity index (χ1v) is 7.11. The van der Waals surface area contributed by atoms with E-state index in [-0.39, 0.29) is 5.84 Å². The molecule has 0 aliphatic carbocycles. The number of nitrogens with two attached hydrogens (primary N) is 1. The molecule has 0 fully saturated rings. The summed E-state index contributed by atoms with van der Waals surface area (Å²) in [5.41, 5.74) is 12.6. The highest BCUT2D eigenvalue weighted by Gasteiger charge is 2.08. The molecule has 0 spiro atoms. The predicted octanol–water partition coefficient (Wildman–Crippen LogP) is 3.53. The Balaban J connectivity index is 2.23. The summed E-state index contributed by atoms with van der Waals surface area (Å²) in [5, 5.41) is 7.49. The van der Waals surface area contributed by atoms with Crippen molar-refractivity contribution in [3.63, 3.8) is 0 Å². The zero-order chi connectivity index (χ0) is 15.6. The van der Waals surface area contributed by atoms with Gasteiger partial charge in [0.25, 0.3) is 0 Å². The topological polar surface area (TPSA) is 53.1 Å². The summed E-state index contributed by atoms with van der Waals surface area (Å²) in [6.07, 6.45) is 0. The Morgan fingerprint density at radius 3 is 2.33 bits per heavy atom. The molecule has 0 aliphatic heterocycles. The van der Waals surface area contributed by atoms with Gasteiger partial charge in [-0.05, 0) is 49.6 Å². The number of rotatable bonds is 4. The number of benzene rings is 2. The summed E-state index contributed by atoms with van der Waals surface area (Å²) in [5.74, 6) is 0.118. The lowest BCUT2D eigenvalue weighted by Crippen LogP contribution is -2.18. The summed E-state index contributed by atoms with van der Waals surface area (Å²) in [6, 6.07) is 12.5. The third-order valence-corrected chi connectivity index (χ3v) is 3.82. The van der Waals surface area contributed by atoms with E-state index in [1.807, 2.05) is 12.1 Å². The van der Waals surface area contributed by atoms with E-state index in [0.717, 1.165) is 12.1 Å². The minimum atomic E-state index is 0.118. The fourth-order valence-electron chi connectivity index (χ4n) is 2.62. The number of nitrogen functional groups attached to an aromatic ring is 1. The van der Waals surface area contributed by atoms with Gasteiger partial charge < -0.3 is 10.6 Å². The highest BCUT2D eigenvalue weighted by Crippen LogP contribution is 2.22. The molecular weight excluding hydrogens is 258 g/mol. The van der Waals surface area contributed by atoms with E-state index >= 15 is 0 Å². The van der Waals surface area contributed by atoms with Crippen molar-refractivity contribution in [2.45, 2.75) is 27.3 Å². The highest BCUT2D eigenvalue weighted by atomic mass is 15.1. The first-order chi connectivity index (χ1) is 9.88. The lowest BCUT2D eigenvalue weighted by molar-refractivity contribution is 0.908. The van der Waals surface area contributed by atoms with E-state index in [9.17, 15) is 0 Å². The predicted molar refractivity (Wildman–Crippen MR) is 90.2 cm³/mol. The normalized spacial score (nSPS) is 10.5. The summed E-state index contributed by atoms with van der Waals surface area (Å²) in [7, 11) is 2.11. The van der Waals surface area contributed by atoms with Crippen LogP contribution in [-0.2, 0) is 6.54 Å². The second kappa shape index (κ2) is 6.00. The minimum absolute atomic E-state index is 0.118. The Morgan fingerprint density at radius 1 is 1.05 bits per heavy atom. The number of aryl methyl sites for hydroxylation is 3. The van der Waals surface area contributed by atoms with Crippen LogP contribution >= 0.6 is 0 Å². The second-order valence-electron chi connectivity index (χ2n) is 5.70. The van der Waals surface area contributed by atoms with Crippen molar-refractivity contribution in [2.75, 3.05) is 11.9 Å². The molecule has 0 unspecified atom stereocenters. The molecule has 0 radical (unpaired) electrons. The van der Waals surface area contributed by atoms with Gasteiger partial charge in [0.05, 0.1) is 0 Å². The molecule has 110 valence electrons.